The van der Waals surface area contributed by atoms with Crippen molar-refractivity contribution in [3.05, 3.63) is 118 Å². The molecule has 4 aromatic carbocycles. The van der Waals surface area contributed by atoms with Crippen LogP contribution >= 0.6 is 24.4 Å². The van der Waals surface area contributed by atoms with Crippen LogP contribution in [0.15, 0.2) is 84.9 Å². The van der Waals surface area contributed by atoms with Gasteiger partial charge in [-0.2, -0.15) is 0 Å². The highest BCUT2D eigenvalue weighted by Crippen LogP contribution is 2.39. The highest BCUT2D eigenvalue weighted by Gasteiger charge is 2.25. The Hall–Kier alpha value is -3.74. The van der Waals surface area contributed by atoms with Gasteiger partial charge in [0.2, 0.25) is 0 Å². The Kier molecular flexibility index (Phi) is 17.8. The number of anilines is 4. The molecule has 0 spiro atoms. The summed E-state index contributed by atoms with van der Waals surface area (Å²) in [7, 11) is 0. The van der Waals surface area contributed by atoms with Crippen molar-refractivity contribution in [1.82, 2.24) is 0 Å². The lowest BCUT2D eigenvalue weighted by Crippen LogP contribution is -2.27. The Morgan fingerprint density at radius 1 is 0.415 bits per heavy atom. The summed E-state index contributed by atoms with van der Waals surface area (Å²) in [5, 5.41) is 22.3. The fourth-order valence-electron chi connectivity index (χ4n) is 7.58. The molecule has 0 fully saturated rings. The molecule has 0 amide bonds. The van der Waals surface area contributed by atoms with Crippen molar-refractivity contribution in [2.75, 3.05) is 9.80 Å². The normalized spacial score (nSPS) is 11.1. The molecule has 53 heavy (non-hydrogen) atoms. The van der Waals surface area contributed by atoms with Gasteiger partial charge in [-0.1, -0.05) is 140 Å². The van der Waals surface area contributed by atoms with Gasteiger partial charge in [-0.3, -0.25) is 9.80 Å². The fraction of sp³-hybridized carbons (Fsp3) is 0.447. The quantitative estimate of drug-likeness (QED) is 0.0616. The van der Waals surface area contributed by atoms with E-state index in [0.29, 0.717) is 6.42 Å². The summed E-state index contributed by atoms with van der Waals surface area (Å²) in [6.45, 7) is 8.95. The first-order valence-electron chi connectivity index (χ1n) is 20.3. The molecule has 0 atom stereocenters. The summed E-state index contributed by atoms with van der Waals surface area (Å²) in [6, 6.07) is 29.4. The molecule has 0 bridgehead atoms. The SMILES string of the molecule is CCCCCc1cccc(N(C(O)=S)c2ccccc2Cc2ccccc2N(C(O)=S)c2cccc(CCCCC)c2CCCCC)c1CCCCC. The monoisotopic (exact) mass is 750 g/mol. The van der Waals surface area contributed by atoms with E-state index in [2.05, 4.69) is 88.4 Å². The van der Waals surface area contributed by atoms with Gasteiger partial charge in [0, 0.05) is 6.42 Å². The Bertz CT molecular complexity index is 1630. The van der Waals surface area contributed by atoms with Gasteiger partial charge in [-0.05, 0) is 133 Å². The van der Waals surface area contributed by atoms with E-state index in [-0.39, 0.29) is 10.3 Å². The summed E-state index contributed by atoms with van der Waals surface area (Å²) >= 11 is 11.3. The third-order valence-corrected chi connectivity index (χ3v) is 10.7. The number of hydrogen-bond acceptors (Lipinski definition) is 2. The van der Waals surface area contributed by atoms with Gasteiger partial charge in [-0.25, -0.2) is 0 Å². The molecule has 284 valence electrons. The molecule has 4 nitrogen and oxygen atoms in total. The molecular weight excluding hydrogens is 689 g/mol. The summed E-state index contributed by atoms with van der Waals surface area (Å²) in [5.41, 5.74) is 10.9. The summed E-state index contributed by atoms with van der Waals surface area (Å²) in [6.07, 6.45) is 18.3. The van der Waals surface area contributed by atoms with Crippen LogP contribution in [0, 0.1) is 0 Å². The predicted molar refractivity (Wildman–Crippen MR) is 236 cm³/mol. The predicted octanol–water partition coefficient (Wildman–Crippen LogP) is 14.2. The van der Waals surface area contributed by atoms with Crippen molar-refractivity contribution >= 4 is 57.5 Å². The highest BCUT2D eigenvalue weighted by molar-refractivity contribution is 7.80. The average Bonchev–Trinajstić information content (AvgIpc) is 3.15. The molecule has 0 radical (unpaired) electrons. The lowest BCUT2D eigenvalue weighted by Gasteiger charge is -2.30. The lowest BCUT2D eigenvalue weighted by molar-refractivity contribution is 0.556. The molecule has 0 aliphatic heterocycles. The number of benzene rings is 4. The van der Waals surface area contributed by atoms with Crippen LogP contribution < -0.4 is 9.80 Å². The molecule has 0 unspecified atom stereocenters. The molecule has 0 saturated heterocycles. The number of rotatable bonds is 22. The molecule has 4 aromatic rings. The van der Waals surface area contributed by atoms with Crippen LogP contribution in [0.25, 0.3) is 0 Å². The van der Waals surface area contributed by atoms with E-state index < -0.39 is 0 Å². The highest BCUT2D eigenvalue weighted by atomic mass is 32.1. The number of para-hydroxylation sites is 2. The Morgan fingerprint density at radius 2 is 0.736 bits per heavy atom. The van der Waals surface area contributed by atoms with Crippen LogP contribution in [0.1, 0.15) is 138 Å². The molecule has 0 aromatic heterocycles. The van der Waals surface area contributed by atoms with Crippen LogP contribution in [0.5, 0.6) is 0 Å². The van der Waals surface area contributed by atoms with Crippen molar-refractivity contribution in [2.24, 2.45) is 0 Å². The number of aryl methyl sites for hydroxylation is 2. The lowest BCUT2D eigenvalue weighted by atomic mass is 9.93. The van der Waals surface area contributed by atoms with Crippen LogP contribution in [0.4, 0.5) is 22.7 Å². The van der Waals surface area contributed by atoms with Gasteiger partial charge in [0.1, 0.15) is 0 Å². The molecule has 0 heterocycles. The number of thiocarbonyl (C=S) groups is 2. The van der Waals surface area contributed by atoms with Crippen LogP contribution in [0.2, 0.25) is 0 Å². The van der Waals surface area contributed by atoms with Gasteiger partial charge in [-0.15, -0.1) is 0 Å². The zero-order chi connectivity index (χ0) is 38.0. The first-order valence-corrected chi connectivity index (χ1v) is 21.1. The third kappa shape index (κ3) is 11.6. The maximum Gasteiger partial charge on any atom is 0.266 e. The van der Waals surface area contributed by atoms with Gasteiger partial charge in [0.15, 0.2) is 0 Å². The van der Waals surface area contributed by atoms with Gasteiger partial charge >= 0.3 is 0 Å². The zero-order valence-corrected chi connectivity index (χ0v) is 34.3. The maximum atomic E-state index is 11.3. The molecule has 6 heteroatoms. The van der Waals surface area contributed by atoms with E-state index in [1.54, 1.807) is 0 Å². The van der Waals surface area contributed by atoms with Crippen molar-refractivity contribution in [1.29, 1.82) is 0 Å². The number of hydrogen-bond donors (Lipinski definition) is 2. The van der Waals surface area contributed by atoms with Crippen LogP contribution in [0.3, 0.4) is 0 Å². The third-order valence-electron chi connectivity index (χ3n) is 10.4. The molecule has 0 aliphatic carbocycles. The summed E-state index contributed by atoms with van der Waals surface area (Å²) < 4.78 is 0. The zero-order valence-electron chi connectivity index (χ0n) is 32.7. The van der Waals surface area contributed by atoms with E-state index in [1.807, 2.05) is 34.1 Å². The van der Waals surface area contributed by atoms with E-state index in [4.69, 9.17) is 24.4 Å². The minimum atomic E-state index is -0.164. The molecular formula is C47H62N2O2S2. The number of nitrogens with zero attached hydrogens (tertiary/aromatic N) is 2. The molecule has 2 N–H and O–H groups in total. The van der Waals surface area contributed by atoms with E-state index >= 15 is 0 Å². The second-order valence-electron chi connectivity index (χ2n) is 14.3. The maximum absolute atomic E-state index is 11.3. The van der Waals surface area contributed by atoms with E-state index in [9.17, 15) is 10.2 Å². The first kappa shape index (κ1) is 42.0. The van der Waals surface area contributed by atoms with Gasteiger partial charge < -0.3 is 10.2 Å². The fourth-order valence-corrected chi connectivity index (χ4v) is 7.97. The topological polar surface area (TPSA) is 46.9 Å². The largest absolute Gasteiger partial charge is 0.486 e. The summed E-state index contributed by atoms with van der Waals surface area (Å²) in [4.78, 5) is 3.75. The Morgan fingerprint density at radius 3 is 1.09 bits per heavy atom. The van der Waals surface area contributed by atoms with Crippen molar-refractivity contribution < 1.29 is 10.2 Å². The second kappa shape index (κ2) is 22.5. The number of aliphatic hydroxyl groups is 2. The number of aliphatic hydroxyl groups excluding tert-OH is 2. The Balaban J connectivity index is 1.81. The minimum absolute atomic E-state index is 0.164. The minimum Gasteiger partial charge on any atom is -0.486 e. The second-order valence-corrected chi connectivity index (χ2v) is 15.1. The smallest absolute Gasteiger partial charge is 0.266 e. The van der Waals surface area contributed by atoms with Gasteiger partial charge in [0.05, 0.1) is 22.7 Å². The van der Waals surface area contributed by atoms with E-state index in [1.165, 1.54) is 47.9 Å². The van der Waals surface area contributed by atoms with Crippen LogP contribution in [-0.4, -0.2) is 20.6 Å². The first-order chi connectivity index (χ1) is 25.9. The van der Waals surface area contributed by atoms with Gasteiger partial charge in [0.25, 0.3) is 10.3 Å². The van der Waals surface area contributed by atoms with Crippen molar-refractivity contribution in [3.8, 4) is 0 Å². The standard InChI is InChI=1S/C47H62N2O2S2/c1-5-9-13-23-36-27-21-33-44(40(36)29-15-11-7-3)48(46(50)52)42-31-19-17-25-38(42)35-39-26-18-20-32-43(39)49(47(51)53)45-34-22-28-37(24-14-10-6-2)41(45)30-16-12-8-4/h17-22,25-28,31-34H,5-16,23-24,29-30,35H2,1-4H3,(H,50,52)(H,51,53). The molecule has 0 aliphatic rings. The average molecular weight is 751 g/mol. The molecule has 0 saturated carbocycles. The van der Waals surface area contributed by atoms with Crippen molar-refractivity contribution in [3.63, 3.8) is 0 Å². The number of unbranched alkanes of at least 4 members (excludes halogenated alkanes) is 8. The molecule has 4 rings (SSSR count). The Labute approximate surface area is 331 Å². The van der Waals surface area contributed by atoms with Crippen molar-refractivity contribution in [2.45, 2.75) is 137 Å². The van der Waals surface area contributed by atoms with Crippen LogP contribution in [-0.2, 0) is 32.1 Å². The summed E-state index contributed by atoms with van der Waals surface area (Å²) in [5.74, 6) is 0. The van der Waals surface area contributed by atoms with E-state index in [0.717, 1.165) is 111 Å².